The van der Waals surface area contributed by atoms with Crippen LogP contribution in [-0.2, 0) is 17.9 Å². The maximum Gasteiger partial charge on any atom is 0.283 e. The fourth-order valence-corrected chi connectivity index (χ4v) is 4.16. The number of alkyl halides is 2. The van der Waals surface area contributed by atoms with Crippen LogP contribution in [0.2, 0.25) is 5.02 Å². The Morgan fingerprint density at radius 1 is 1.30 bits per heavy atom. The molecule has 0 aliphatic heterocycles. The molecule has 0 unspecified atom stereocenters. The van der Waals surface area contributed by atoms with Gasteiger partial charge in [0.25, 0.3) is 6.43 Å². The van der Waals surface area contributed by atoms with Crippen LogP contribution in [0.4, 0.5) is 19.0 Å². The zero-order chi connectivity index (χ0) is 21.4. The van der Waals surface area contributed by atoms with Gasteiger partial charge >= 0.3 is 0 Å². The van der Waals surface area contributed by atoms with Gasteiger partial charge in [-0.3, -0.25) is 14.2 Å². The molecule has 11 heteroatoms. The quantitative estimate of drug-likeness (QED) is 0.487. The molecule has 0 atom stereocenters. The van der Waals surface area contributed by atoms with Crippen molar-refractivity contribution in [3.63, 3.8) is 0 Å². The maximum atomic E-state index is 13.9. The van der Waals surface area contributed by atoms with E-state index in [1.165, 1.54) is 21.5 Å². The highest BCUT2D eigenvalue weighted by Crippen LogP contribution is 2.45. The van der Waals surface area contributed by atoms with E-state index in [0.717, 1.165) is 12.8 Å². The van der Waals surface area contributed by atoms with Gasteiger partial charge in [-0.2, -0.15) is 10.2 Å². The Morgan fingerprint density at radius 2 is 2.07 bits per heavy atom. The second kappa shape index (κ2) is 8.43. The summed E-state index contributed by atoms with van der Waals surface area (Å²) in [4.78, 5) is 12.4. The van der Waals surface area contributed by atoms with Crippen LogP contribution in [0.15, 0.2) is 34.9 Å². The van der Waals surface area contributed by atoms with E-state index in [1.54, 1.807) is 18.3 Å². The third-order valence-corrected chi connectivity index (χ3v) is 5.88. The molecule has 30 heavy (non-hydrogen) atoms. The predicted molar refractivity (Wildman–Crippen MR) is 108 cm³/mol. The second-order valence-corrected chi connectivity index (χ2v) is 8.16. The molecule has 0 spiro atoms. The van der Waals surface area contributed by atoms with E-state index in [2.05, 4.69) is 31.4 Å². The summed E-state index contributed by atoms with van der Waals surface area (Å²) in [5.41, 5.74) is 0.533. The van der Waals surface area contributed by atoms with Crippen molar-refractivity contribution in [3.05, 3.63) is 62.7 Å². The van der Waals surface area contributed by atoms with Crippen molar-refractivity contribution in [3.8, 4) is 0 Å². The molecule has 1 amide bonds. The van der Waals surface area contributed by atoms with Crippen molar-refractivity contribution in [1.29, 1.82) is 0 Å². The number of amides is 1. The highest BCUT2D eigenvalue weighted by Gasteiger charge is 2.34. The lowest BCUT2D eigenvalue weighted by molar-refractivity contribution is -0.117. The first-order valence-corrected chi connectivity index (χ1v) is 10.3. The molecular weight excluding hydrogens is 487 g/mol. The van der Waals surface area contributed by atoms with Gasteiger partial charge in [0, 0.05) is 28.8 Å². The van der Waals surface area contributed by atoms with E-state index in [-0.39, 0.29) is 45.6 Å². The van der Waals surface area contributed by atoms with Gasteiger partial charge in [0.2, 0.25) is 5.91 Å². The number of rotatable bonds is 7. The number of nitrogens with one attached hydrogen (secondary N) is 1. The number of halogens is 5. The number of anilines is 1. The van der Waals surface area contributed by atoms with E-state index >= 15 is 0 Å². The summed E-state index contributed by atoms with van der Waals surface area (Å²) in [5, 5.41) is 11.0. The fraction of sp³-hybridized carbons (Fsp3) is 0.316. The van der Waals surface area contributed by atoms with E-state index in [9.17, 15) is 18.0 Å². The average Bonchev–Trinajstić information content (AvgIpc) is 3.33. The minimum atomic E-state index is -2.73. The molecule has 2 aromatic heterocycles. The molecule has 1 fully saturated rings. The van der Waals surface area contributed by atoms with E-state index in [0.29, 0.717) is 5.69 Å². The van der Waals surface area contributed by atoms with Gasteiger partial charge in [-0.05, 0) is 40.9 Å². The van der Waals surface area contributed by atoms with Crippen LogP contribution in [0.1, 0.15) is 42.1 Å². The molecule has 1 N–H and O–H groups in total. The summed E-state index contributed by atoms with van der Waals surface area (Å²) >= 11 is 9.22. The monoisotopic (exact) mass is 501 g/mol. The molecule has 2 heterocycles. The van der Waals surface area contributed by atoms with Crippen LogP contribution in [0, 0.1) is 5.82 Å². The number of nitrogens with zero attached hydrogens (tertiary/aromatic N) is 4. The van der Waals surface area contributed by atoms with Crippen molar-refractivity contribution in [2.24, 2.45) is 0 Å². The highest BCUT2D eigenvalue weighted by molar-refractivity contribution is 9.10. The molecule has 6 nitrogen and oxygen atoms in total. The molecular formula is C19H16BrClF3N5O. The molecule has 4 rings (SSSR count). The van der Waals surface area contributed by atoms with Gasteiger partial charge in [0.15, 0.2) is 5.82 Å². The predicted octanol–water partition coefficient (Wildman–Crippen LogP) is 5.14. The molecule has 0 radical (unpaired) electrons. The lowest BCUT2D eigenvalue weighted by atomic mass is 10.2. The summed E-state index contributed by atoms with van der Waals surface area (Å²) in [7, 11) is 0. The average molecular weight is 503 g/mol. The number of benzene rings is 1. The molecule has 158 valence electrons. The molecule has 3 aromatic rings. The Bertz CT molecular complexity index is 1080. The number of carbonyl (C=O) groups excluding carboxylic acids is 1. The van der Waals surface area contributed by atoms with Crippen LogP contribution in [0.25, 0.3) is 0 Å². The summed E-state index contributed by atoms with van der Waals surface area (Å²) in [6.45, 7) is -0.125. The standard InChI is InChI=1S/C19H16BrClF3N5O/c20-16-17(19(23)24)27-29(18(16)10-4-5-10)9-15(30)25-14-6-7-28(26-14)8-11-12(21)2-1-3-13(11)22/h1-3,6-7,10,19H,4-5,8-9H2,(H,25,26,30). The first-order valence-electron chi connectivity index (χ1n) is 9.14. The van der Waals surface area contributed by atoms with Gasteiger partial charge in [0.05, 0.1) is 16.7 Å². The number of aromatic nitrogens is 4. The number of hydrogen-bond donors (Lipinski definition) is 1. The molecule has 1 aliphatic carbocycles. The second-order valence-electron chi connectivity index (χ2n) is 6.96. The summed E-state index contributed by atoms with van der Waals surface area (Å²) in [5.74, 6) is -0.533. The summed E-state index contributed by atoms with van der Waals surface area (Å²) < 4.78 is 43.3. The van der Waals surface area contributed by atoms with Gasteiger partial charge < -0.3 is 5.32 Å². The van der Waals surface area contributed by atoms with Crippen LogP contribution >= 0.6 is 27.5 Å². The van der Waals surface area contributed by atoms with E-state index < -0.39 is 18.1 Å². The summed E-state index contributed by atoms with van der Waals surface area (Å²) in [6.07, 6.45) is 0.588. The highest BCUT2D eigenvalue weighted by atomic mass is 79.9. The molecule has 1 aromatic carbocycles. The van der Waals surface area contributed by atoms with Gasteiger partial charge in [-0.25, -0.2) is 13.2 Å². The smallest absolute Gasteiger partial charge is 0.283 e. The molecule has 0 saturated heterocycles. The minimum Gasteiger partial charge on any atom is -0.308 e. The van der Waals surface area contributed by atoms with Crippen molar-refractivity contribution in [1.82, 2.24) is 19.6 Å². The van der Waals surface area contributed by atoms with Crippen LogP contribution in [-0.4, -0.2) is 25.5 Å². The van der Waals surface area contributed by atoms with E-state index in [4.69, 9.17) is 11.6 Å². The Balaban J connectivity index is 1.45. The first kappa shape index (κ1) is 20.9. The van der Waals surface area contributed by atoms with E-state index in [1.807, 2.05) is 0 Å². The van der Waals surface area contributed by atoms with Crippen molar-refractivity contribution >= 4 is 39.3 Å². The SMILES string of the molecule is O=C(Cn1nc(C(F)F)c(Br)c1C1CC1)Nc1ccn(Cc2c(F)cccc2Cl)n1. The largest absolute Gasteiger partial charge is 0.308 e. The number of carbonyl (C=O) groups is 1. The zero-order valence-electron chi connectivity index (χ0n) is 15.5. The third kappa shape index (κ3) is 4.39. The normalized spacial score (nSPS) is 13.8. The van der Waals surface area contributed by atoms with Crippen molar-refractivity contribution in [2.75, 3.05) is 5.32 Å². The van der Waals surface area contributed by atoms with Gasteiger partial charge in [-0.1, -0.05) is 17.7 Å². The third-order valence-electron chi connectivity index (χ3n) is 4.71. The Labute approximate surface area is 183 Å². The molecule has 0 bridgehead atoms. The summed E-state index contributed by atoms with van der Waals surface area (Å²) in [6, 6.07) is 5.96. The number of hydrogen-bond acceptors (Lipinski definition) is 3. The zero-order valence-corrected chi connectivity index (χ0v) is 17.8. The maximum absolute atomic E-state index is 13.9. The van der Waals surface area contributed by atoms with Gasteiger partial charge in [-0.15, -0.1) is 0 Å². The van der Waals surface area contributed by atoms with Crippen molar-refractivity contribution < 1.29 is 18.0 Å². The Morgan fingerprint density at radius 3 is 2.73 bits per heavy atom. The molecule has 1 saturated carbocycles. The fourth-order valence-electron chi connectivity index (χ4n) is 3.16. The Hall–Kier alpha value is -2.33. The molecule has 1 aliphatic rings. The lowest BCUT2D eigenvalue weighted by Gasteiger charge is -2.07. The van der Waals surface area contributed by atoms with Crippen LogP contribution in [0.3, 0.4) is 0 Å². The van der Waals surface area contributed by atoms with Crippen LogP contribution < -0.4 is 5.32 Å². The topological polar surface area (TPSA) is 64.7 Å². The Kier molecular flexibility index (Phi) is 5.88. The van der Waals surface area contributed by atoms with Crippen LogP contribution in [0.5, 0.6) is 0 Å². The van der Waals surface area contributed by atoms with Gasteiger partial charge in [0.1, 0.15) is 18.1 Å². The van der Waals surface area contributed by atoms with Crippen molar-refractivity contribution in [2.45, 2.75) is 38.3 Å². The lowest BCUT2D eigenvalue weighted by Crippen LogP contribution is -2.21. The minimum absolute atomic E-state index is 0.0943. The first-order chi connectivity index (χ1) is 14.3.